The predicted octanol–water partition coefficient (Wildman–Crippen LogP) is 5.88. The SMILES string of the molecule is CC(C)C1CCC(C)(F)C(F)(F)C1C1CC2CSC(N)=NC2(c2cc(NC(=O)c3cnc(OCF)cn3)ccc2F)CO1. The number of benzene rings is 1. The Morgan fingerprint density at radius 2 is 2.02 bits per heavy atom. The van der Waals surface area contributed by atoms with Gasteiger partial charge in [0.15, 0.2) is 10.8 Å². The Morgan fingerprint density at radius 1 is 1.26 bits per heavy atom. The van der Waals surface area contributed by atoms with Crippen molar-refractivity contribution in [3.8, 4) is 5.88 Å². The number of hydrogen-bond acceptors (Lipinski definition) is 8. The summed E-state index contributed by atoms with van der Waals surface area (Å²) in [5.74, 6) is -7.06. The maximum atomic E-state index is 15.7. The first-order valence-electron chi connectivity index (χ1n) is 14.1. The van der Waals surface area contributed by atoms with E-state index in [1.54, 1.807) is 0 Å². The highest BCUT2D eigenvalue weighted by atomic mass is 32.2. The lowest BCUT2D eigenvalue weighted by atomic mass is 9.62. The van der Waals surface area contributed by atoms with Crippen LogP contribution in [-0.4, -0.2) is 58.0 Å². The van der Waals surface area contributed by atoms with Gasteiger partial charge in [-0.15, -0.1) is 0 Å². The van der Waals surface area contributed by atoms with Gasteiger partial charge in [0, 0.05) is 22.9 Å². The van der Waals surface area contributed by atoms with E-state index in [1.807, 2.05) is 13.8 Å². The number of halogens is 5. The molecule has 6 unspecified atom stereocenters. The second kappa shape index (κ2) is 11.8. The summed E-state index contributed by atoms with van der Waals surface area (Å²) in [5.41, 5.74) is 2.28. The zero-order valence-electron chi connectivity index (χ0n) is 24.0. The second-order valence-electron chi connectivity index (χ2n) is 11.9. The van der Waals surface area contributed by atoms with Gasteiger partial charge < -0.3 is 20.5 Å². The molecule has 8 nitrogen and oxygen atoms in total. The quantitative estimate of drug-likeness (QED) is 0.369. The highest BCUT2D eigenvalue weighted by molar-refractivity contribution is 8.13. The van der Waals surface area contributed by atoms with Gasteiger partial charge in [0.05, 0.1) is 31.0 Å². The molecule has 43 heavy (non-hydrogen) atoms. The topological polar surface area (TPSA) is 112 Å². The summed E-state index contributed by atoms with van der Waals surface area (Å²) in [4.78, 5) is 25.1. The molecule has 1 aliphatic carbocycles. The van der Waals surface area contributed by atoms with E-state index < -0.39 is 59.6 Å². The summed E-state index contributed by atoms with van der Waals surface area (Å²) in [6.07, 6.45) is 1.40. The molecule has 2 aromatic rings. The number of amides is 1. The average molecular weight is 628 g/mol. The van der Waals surface area contributed by atoms with E-state index in [4.69, 9.17) is 10.5 Å². The fourth-order valence-corrected chi connectivity index (χ4v) is 7.61. The van der Waals surface area contributed by atoms with E-state index in [0.717, 1.165) is 19.3 Å². The van der Waals surface area contributed by atoms with Crippen molar-refractivity contribution in [3.63, 3.8) is 0 Å². The van der Waals surface area contributed by atoms with Crippen LogP contribution in [0.5, 0.6) is 5.88 Å². The van der Waals surface area contributed by atoms with Crippen molar-refractivity contribution < 1.29 is 36.2 Å². The van der Waals surface area contributed by atoms with Crippen LogP contribution in [0, 0.1) is 29.5 Å². The van der Waals surface area contributed by atoms with Crippen LogP contribution in [0.4, 0.5) is 27.6 Å². The number of carbonyl (C=O) groups excluding carboxylic acids is 1. The van der Waals surface area contributed by atoms with Crippen LogP contribution in [0.25, 0.3) is 0 Å². The van der Waals surface area contributed by atoms with Gasteiger partial charge in [-0.05, 0) is 56.2 Å². The second-order valence-corrected chi connectivity index (χ2v) is 12.9. The first-order valence-corrected chi connectivity index (χ1v) is 15.1. The lowest BCUT2D eigenvalue weighted by Crippen LogP contribution is -2.61. The number of nitrogens with zero attached hydrogens (tertiary/aromatic N) is 3. The van der Waals surface area contributed by atoms with Crippen molar-refractivity contribution in [1.29, 1.82) is 0 Å². The zero-order valence-corrected chi connectivity index (χ0v) is 24.8. The van der Waals surface area contributed by atoms with Gasteiger partial charge in [0.1, 0.15) is 17.1 Å². The van der Waals surface area contributed by atoms with E-state index >= 15 is 17.6 Å². The summed E-state index contributed by atoms with van der Waals surface area (Å²) < 4.78 is 85.4. The Hall–Kier alpha value is -3.00. The molecule has 2 fully saturated rings. The van der Waals surface area contributed by atoms with E-state index in [9.17, 15) is 9.18 Å². The monoisotopic (exact) mass is 627 g/mol. The van der Waals surface area contributed by atoms with E-state index in [1.165, 1.54) is 30.0 Å². The minimum absolute atomic E-state index is 0.0842. The summed E-state index contributed by atoms with van der Waals surface area (Å²) in [6.45, 7) is 3.32. The Balaban J connectivity index is 1.44. The van der Waals surface area contributed by atoms with Gasteiger partial charge in [-0.3, -0.25) is 4.79 Å². The largest absolute Gasteiger partial charge is 0.445 e. The van der Waals surface area contributed by atoms with Crippen LogP contribution in [0.1, 0.15) is 56.1 Å². The molecule has 0 radical (unpaired) electrons. The molecular weight excluding hydrogens is 593 g/mol. The Labute approximate surface area is 250 Å². The maximum Gasteiger partial charge on any atom is 0.286 e. The third-order valence-corrected chi connectivity index (χ3v) is 9.94. The lowest BCUT2D eigenvalue weighted by Gasteiger charge is -2.53. The van der Waals surface area contributed by atoms with Crippen molar-refractivity contribution in [1.82, 2.24) is 9.97 Å². The average Bonchev–Trinajstić information content (AvgIpc) is 2.95. The number of anilines is 1. The van der Waals surface area contributed by atoms with Crippen molar-refractivity contribution in [2.45, 2.75) is 63.3 Å². The molecule has 1 aromatic carbocycles. The molecule has 1 aromatic heterocycles. The summed E-state index contributed by atoms with van der Waals surface area (Å²) in [7, 11) is 0. The number of nitrogens with one attached hydrogen (secondary N) is 1. The van der Waals surface area contributed by atoms with E-state index in [-0.39, 0.29) is 53.4 Å². The Morgan fingerprint density at radius 3 is 2.70 bits per heavy atom. The van der Waals surface area contributed by atoms with Crippen molar-refractivity contribution in [3.05, 3.63) is 47.7 Å². The van der Waals surface area contributed by atoms with Crippen LogP contribution in [0.2, 0.25) is 0 Å². The summed E-state index contributed by atoms with van der Waals surface area (Å²) in [5, 5.41) is 2.82. The zero-order chi connectivity index (χ0) is 31.2. The molecule has 2 aliphatic heterocycles. The fourth-order valence-electron chi connectivity index (χ4n) is 6.60. The molecule has 5 rings (SSSR count). The summed E-state index contributed by atoms with van der Waals surface area (Å²) in [6, 6.07) is 3.93. The minimum Gasteiger partial charge on any atom is -0.445 e. The first-order chi connectivity index (χ1) is 20.3. The molecule has 234 valence electrons. The number of aromatic nitrogens is 2. The number of alkyl halides is 4. The third-order valence-electron chi connectivity index (χ3n) is 8.98. The van der Waals surface area contributed by atoms with Gasteiger partial charge >= 0.3 is 0 Å². The fraction of sp³-hybridized carbons (Fsp3) is 0.586. The number of fused-ring (bicyclic) bond motifs is 1. The van der Waals surface area contributed by atoms with Crippen LogP contribution in [0.3, 0.4) is 0 Å². The number of aliphatic imine (C=N–C) groups is 1. The lowest BCUT2D eigenvalue weighted by molar-refractivity contribution is -0.251. The highest BCUT2D eigenvalue weighted by Gasteiger charge is 2.65. The molecule has 1 saturated heterocycles. The molecule has 1 amide bonds. The van der Waals surface area contributed by atoms with Crippen LogP contribution >= 0.6 is 11.8 Å². The van der Waals surface area contributed by atoms with E-state index in [0.29, 0.717) is 12.2 Å². The van der Waals surface area contributed by atoms with Gasteiger partial charge in [0.25, 0.3) is 11.8 Å². The maximum absolute atomic E-state index is 15.7. The third kappa shape index (κ3) is 5.79. The Kier molecular flexibility index (Phi) is 8.64. The highest BCUT2D eigenvalue weighted by Crippen LogP contribution is 2.57. The van der Waals surface area contributed by atoms with Gasteiger partial charge in [-0.1, -0.05) is 25.6 Å². The first kappa shape index (κ1) is 31.4. The summed E-state index contributed by atoms with van der Waals surface area (Å²) >= 11 is 1.24. The van der Waals surface area contributed by atoms with Gasteiger partial charge in [-0.25, -0.2) is 36.9 Å². The Bertz CT molecular complexity index is 1380. The van der Waals surface area contributed by atoms with Crippen LogP contribution in [0.15, 0.2) is 35.6 Å². The molecule has 14 heteroatoms. The molecule has 3 N–H and O–H groups in total. The molecule has 1 saturated carbocycles. The number of carbonyl (C=O) groups is 1. The molecule has 3 aliphatic rings. The number of thioether (sulfide) groups is 1. The minimum atomic E-state index is -3.62. The smallest absolute Gasteiger partial charge is 0.286 e. The number of hydrogen-bond donors (Lipinski definition) is 2. The number of amidine groups is 1. The predicted molar refractivity (Wildman–Crippen MR) is 152 cm³/mol. The van der Waals surface area contributed by atoms with E-state index in [2.05, 4.69) is 25.0 Å². The molecule has 6 atom stereocenters. The van der Waals surface area contributed by atoms with Crippen molar-refractivity contribution in [2.24, 2.45) is 34.4 Å². The standard InChI is InChI=1S/C29H34F5N5O3S/c1-15(2)18-6-7-27(3,32)29(33,34)24(18)22-8-16-12-43-26(35)39-28(16,13-41-22)19-9-17(4-5-20(19)31)38-25(40)21-10-37-23(11-36-21)42-14-30/h4-5,9-11,15-16,18,22,24H,6-8,12-14H2,1-3H3,(H2,35,39)(H,38,40). The number of rotatable bonds is 7. The number of nitrogens with two attached hydrogens (primary N) is 1. The molecule has 0 bridgehead atoms. The van der Waals surface area contributed by atoms with Gasteiger partial charge in [0.2, 0.25) is 12.7 Å². The molecule has 3 heterocycles. The molecular formula is C29H34F5N5O3S. The number of ether oxygens (including phenoxy) is 2. The van der Waals surface area contributed by atoms with Crippen LogP contribution in [-0.2, 0) is 10.3 Å². The van der Waals surface area contributed by atoms with Crippen molar-refractivity contribution in [2.75, 3.05) is 24.5 Å². The van der Waals surface area contributed by atoms with Crippen LogP contribution < -0.4 is 15.8 Å². The van der Waals surface area contributed by atoms with Gasteiger partial charge in [-0.2, -0.15) is 0 Å². The molecule has 0 spiro atoms. The normalized spacial score (nSPS) is 32.1. The van der Waals surface area contributed by atoms with Crippen molar-refractivity contribution >= 4 is 28.5 Å².